The molecule has 1 aliphatic rings. The van der Waals surface area contributed by atoms with Crippen LogP contribution in [0.1, 0.15) is 33.3 Å². The van der Waals surface area contributed by atoms with E-state index in [0.717, 1.165) is 24.4 Å². The first-order valence-electron chi connectivity index (χ1n) is 8.80. The van der Waals surface area contributed by atoms with Crippen molar-refractivity contribution in [3.63, 3.8) is 0 Å². The number of carbonyl (C=O) groups is 1. The van der Waals surface area contributed by atoms with Crippen LogP contribution in [-0.4, -0.2) is 55.3 Å². The van der Waals surface area contributed by atoms with E-state index in [1.54, 1.807) is 19.3 Å². The minimum absolute atomic E-state index is 0.0924. The summed E-state index contributed by atoms with van der Waals surface area (Å²) in [6.07, 6.45) is 3.79. The summed E-state index contributed by atoms with van der Waals surface area (Å²) in [4.78, 5) is 14.5. The molecule has 1 fully saturated rings. The second-order valence-electron chi connectivity index (χ2n) is 7.30. The normalized spacial score (nSPS) is 22.1. The van der Waals surface area contributed by atoms with Gasteiger partial charge in [-0.1, -0.05) is 12.1 Å². The van der Waals surface area contributed by atoms with Crippen molar-refractivity contribution in [2.24, 2.45) is 0 Å². The number of hydrogen-bond acceptors (Lipinski definition) is 4. The van der Waals surface area contributed by atoms with Crippen molar-refractivity contribution in [1.82, 2.24) is 10.2 Å². The highest BCUT2D eigenvalue weighted by molar-refractivity contribution is 5.91. The molecule has 1 amide bonds. The third-order valence-corrected chi connectivity index (χ3v) is 4.49. The van der Waals surface area contributed by atoms with Crippen LogP contribution >= 0.6 is 0 Å². The number of hydrogen-bond donors (Lipinski definition) is 1. The Labute approximate surface area is 151 Å². The Bertz CT molecular complexity index is 603. The summed E-state index contributed by atoms with van der Waals surface area (Å²) < 4.78 is 11.0. The summed E-state index contributed by atoms with van der Waals surface area (Å²) in [5, 5.41) is 3.01. The second kappa shape index (κ2) is 8.50. The lowest BCUT2D eigenvalue weighted by molar-refractivity contribution is -0.118. The van der Waals surface area contributed by atoms with Crippen LogP contribution in [0.5, 0.6) is 5.75 Å². The number of nitrogens with zero attached hydrogens (tertiary/aromatic N) is 1. The van der Waals surface area contributed by atoms with Gasteiger partial charge in [-0.2, -0.15) is 0 Å². The summed E-state index contributed by atoms with van der Waals surface area (Å²) in [5.74, 6) is 0.685. The van der Waals surface area contributed by atoms with Crippen molar-refractivity contribution < 1.29 is 14.3 Å². The highest BCUT2D eigenvalue weighted by Gasteiger charge is 2.33. The number of morpholine rings is 1. The molecule has 0 bridgehead atoms. The Morgan fingerprint density at radius 1 is 1.36 bits per heavy atom. The molecule has 2 atom stereocenters. The van der Waals surface area contributed by atoms with Crippen molar-refractivity contribution in [2.45, 2.75) is 45.4 Å². The predicted molar refractivity (Wildman–Crippen MR) is 101 cm³/mol. The third-order valence-electron chi connectivity index (χ3n) is 4.49. The van der Waals surface area contributed by atoms with Crippen molar-refractivity contribution >= 4 is 12.0 Å². The fourth-order valence-electron chi connectivity index (χ4n) is 3.06. The Morgan fingerprint density at radius 3 is 2.68 bits per heavy atom. The summed E-state index contributed by atoms with van der Waals surface area (Å²) in [7, 11) is 1.63. The van der Waals surface area contributed by atoms with E-state index in [-0.39, 0.29) is 23.7 Å². The standard InChI is InChI=1S/C20H30N2O3/c1-15-12-22(13-16(2)25-15)20(3,4)14-21-19(23)10-9-17-7-6-8-18(11-17)24-5/h6-11,15-16H,12-14H2,1-5H3,(H,21,23)/b10-9+/t15-,16-/m1/s1. The van der Waals surface area contributed by atoms with Gasteiger partial charge in [-0.25, -0.2) is 0 Å². The number of nitrogens with one attached hydrogen (secondary N) is 1. The van der Waals surface area contributed by atoms with Gasteiger partial charge >= 0.3 is 0 Å². The smallest absolute Gasteiger partial charge is 0.244 e. The lowest BCUT2D eigenvalue weighted by Crippen LogP contribution is -2.58. The monoisotopic (exact) mass is 346 g/mol. The molecule has 5 heteroatoms. The Hall–Kier alpha value is -1.85. The largest absolute Gasteiger partial charge is 0.497 e. The molecular weight excluding hydrogens is 316 g/mol. The number of carbonyl (C=O) groups excluding carboxylic acids is 1. The van der Waals surface area contributed by atoms with Crippen LogP contribution in [0.15, 0.2) is 30.3 Å². The molecule has 1 aromatic rings. The fourth-order valence-corrected chi connectivity index (χ4v) is 3.06. The Balaban J connectivity index is 1.88. The summed E-state index contributed by atoms with van der Waals surface area (Å²) in [6.45, 7) is 10.9. The number of rotatable bonds is 6. The molecule has 0 spiro atoms. The zero-order valence-corrected chi connectivity index (χ0v) is 15.9. The number of methoxy groups -OCH3 is 1. The minimum atomic E-state index is -0.119. The van der Waals surface area contributed by atoms with E-state index in [9.17, 15) is 4.79 Å². The van der Waals surface area contributed by atoms with Gasteiger partial charge in [0.2, 0.25) is 5.91 Å². The molecule has 1 aromatic carbocycles. The molecule has 2 rings (SSSR count). The molecule has 5 nitrogen and oxygen atoms in total. The van der Waals surface area contributed by atoms with Gasteiger partial charge in [0.1, 0.15) is 5.75 Å². The topological polar surface area (TPSA) is 50.8 Å². The molecule has 0 radical (unpaired) electrons. The Kier molecular flexibility index (Phi) is 6.62. The van der Waals surface area contributed by atoms with Gasteiger partial charge in [-0.05, 0) is 51.5 Å². The number of benzene rings is 1. The van der Waals surface area contributed by atoms with Crippen LogP contribution < -0.4 is 10.1 Å². The van der Waals surface area contributed by atoms with Gasteiger partial charge in [-0.3, -0.25) is 9.69 Å². The van der Waals surface area contributed by atoms with Gasteiger partial charge in [-0.15, -0.1) is 0 Å². The van der Waals surface area contributed by atoms with E-state index in [0.29, 0.717) is 6.54 Å². The first-order valence-corrected chi connectivity index (χ1v) is 8.80. The SMILES string of the molecule is COc1cccc(/C=C/C(=O)NCC(C)(C)N2C[C@@H](C)O[C@H](C)C2)c1. The van der Waals surface area contributed by atoms with Crippen LogP contribution in [0.3, 0.4) is 0 Å². The quantitative estimate of drug-likeness (QED) is 0.805. The lowest BCUT2D eigenvalue weighted by atomic mass is 10.00. The molecule has 0 aromatic heterocycles. The third kappa shape index (κ3) is 5.87. The van der Waals surface area contributed by atoms with Gasteiger partial charge in [0.25, 0.3) is 0 Å². The Morgan fingerprint density at radius 2 is 2.04 bits per heavy atom. The van der Waals surface area contributed by atoms with E-state index < -0.39 is 0 Å². The van der Waals surface area contributed by atoms with Crippen molar-refractivity contribution in [3.8, 4) is 5.75 Å². The van der Waals surface area contributed by atoms with E-state index >= 15 is 0 Å². The van der Waals surface area contributed by atoms with Crippen molar-refractivity contribution in [3.05, 3.63) is 35.9 Å². The summed E-state index contributed by atoms with van der Waals surface area (Å²) in [5.41, 5.74) is 0.816. The van der Waals surface area contributed by atoms with Crippen LogP contribution in [0.2, 0.25) is 0 Å². The summed E-state index contributed by atoms with van der Waals surface area (Å²) >= 11 is 0. The fraction of sp³-hybridized carbons (Fsp3) is 0.550. The van der Waals surface area contributed by atoms with Gasteiger partial charge in [0.05, 0.1) is 19.3 Å². The molecule has 0 saturated carbocycles. The second-order valence-corrected chi connectivity index (χ2v) is 7.30. The van der Waals surface area contributed by atoms with Crippen molar-refractivity contribution in [2.75, 3.05) is 26.7 Å². The van der Waals surface area contributed by atoms with Crippen LogP contribution in [-0.2, 0) is 9.53 Å². The van der Waals surface area contributed by atoms with E-state index in [1.807, 2.05) is 24.3 Å². The van der Waals surface area contributed by atoms with Gasteiger partial charge in [0.15, 0.2) is 0 Å². The molecule has 1 aliphatic heterocycles. The molecule has 1 heterocycles. The molecule has 1 saturated heterocycles. The zero-order valence-electron chi connectivity index (χ0n) is 15.9. The first-order chi connectivity index (χ1) is 11.8. The van der Waals surface area contributed by atoms with Crippen LogP contribution in [0.4, 0.5) is 0 Å². The van der Waals surface area contributed by atoms with Crippen LogP contribution in [0.25, 0.3) is 6.08 Å². The van der Waals surface area contributed by atoms with Gasteiger partial charge in [0, 0.05) is 31.2 Å². The molecule has 0 aliphatic carbocycles. The van der Waals surface area contributed by atoms with E-state index in [1.165, 1.54) is 0 Å². The maximum atomic E-state index is 12.2. The average molecular weight is 346 g/mol. The van der Waals surface area contributed by atoms with E-state index in [4.69, 9.17) is 9.47 Å². The lowest BCUT2D eigenvalue weighted by Gasteiger charge is -2.45. The first kappa shape index (κ1) is 19.5. The van der Waals surface area contributed by atoms with Crippen LogP contribution in [0, 0.1) is 0 Å². The van der Waals surface area contributed by atoms with Crippen molar-refractivity contribution in [1.29, 1.82) is 0 Å². The summed E-state index contributed by atoms with van der Waals surface area (Å²) in [6, 6.07) is 7.61. The van der Waals surface area contributed by atoms with Gasteiger partial charge < -0.3 is 14.8 Å². The molecule has 25 heavy (non-hydrogen) atoms. The molecular formula is C20H30N2O3. The van der Waals surface area contributed by atoms with E-state index in [2.05, 4.69) is 37.9 Å². The zero-order chi connectivity index (χ0) is 18.4. The highest BCUT2D eigenvalue weighted by atomic mass is 16.5. The number of amides is 1. The maximum absolute atomic E-state index is 12.2. The predicted octanol–water partition coefficient (Wildman–Crippen LogP) is 2.71. The molecule has 138 valence electrons. The molecule has 1 N–H and O–H groups in total. The minimum Gasteiger partial charge on any atom is -0.497 e. The molecule has 0 unspecified atom stereocenters. The average Bonchev–Trinajstić information content (AvgIpc) is 2.57. The number of ether oxygens (including phenoxy) is 2. The maximum Gasteiger partial charge on any atom is 0.244 e. The highest BCUT2D eigenvalue weighted by Crippen LogP contribution is 2.20.